The predicted molar refractivity (Wildman–Crippen MR) is 161 cm³/mol. The molecule has 0 saturated heterocycles. The van der Waals surface area contributed by atoms with Crippen LogP contribution in [0.4, 0.5) is 0 Å². The average Bonchev–Trinajstić information content (AvgIpc) is 3.01. The fourth-order valence-electron chi connectivity index (χ4n) is 4.06. The van der Waals surface area contributed by atoms with Gasteiger partial charge in [0.1, 0.15) is 0 Å². The first-order valence-corrected chi connectivity index (χ1v) is 15.0. The third kappa shape index (κ3) is 8.07. The molecule has 6 aromatic carbocycles. The maximum atomic E-state index is 3.10. The third-order valence-electron chi connectivity index (χ3n) is 5.76. The molecule has 0 fully saturated rings. The zero-order valence-electron chi connectivity index (χ0n) is 21.6. The molecular formula is C36H28S2Y. The smallest absolute Gasteiger partial charge is 0.164 e. The van der Waals surface area contributed by atoms with Crippen LogP contribution in [0.3, 0.4) is 0 Å². The zero-order valence-corrected chi connectivity index (χ0v) is 26.0. The van der Waals surface area contributed by atoms with Crippen LogP contribution in [-0.4, -0.2) is 0 Å². The van der Waals surface area contributed by atoms with E-state index < -0.39 is 0 Å². The minimum Gasteiger partial charge on any atom is -0.183 e. The molecular weight excluding hydrogens is 585 g/mol. The molecule has 0 aliphatic carbocycles. The van der Waals surface area contributed by atoms with Crippen LogP contribution in [0, 0.1) is 12.1 Å². The molecule has 0 N–H and O–H groups in total. The molecule has 1 radical (unpaired) electrons. The van der Waals surface area contributed by atoms with Gasteiger partial charge < -0.3 is 0 Å². The Balaban J connectivity index is 0.000000176. The van der Waals surface area contributed by atoms with Gasteiger partial charge in [0.25, 0.3) is 0 Å². The fourth-order valence-corrected chi connectivity index (χ4v) is 8.22. The summed E-state index contributed by atoms with van der Waals surface area (Å²) < 4.78 is 0. The molecule has 0 unspecified atom stereocenters. The van der Waals surface area contributed by atoms with Crippen LogP contribution in [0.1, 0.15) is 0 Å². The fraction of sp³-hybridized carbons (Fsp3) is 0. The summed E-state index contributed by atoms with van der Waals surface area (Å²) in [5.74, 6) is 0. The van der Waals surface area contributed by atoms with E-state index in [-0.39, 0.29) is 54.5 Å². The van der Waals surface area contributed by atoms with Crippen molar-refractivity contribution >= 4 is 21.8 Å². The van der Waals surface area contributed by atoms with Crippen LogP contribution in [0.25, 0.3) is 0 Å². The maximum absolute atomic E-state index is 3.10. The molecule has 0 saturated carbocycles. The van der Waals surface area contributed by atoms with Gasteiger partial charge in [-0.15, -0.1) is 24.3 Å². The van der Waals surface area contributed by atoms with E-state index in [0.717, 1.165) is 0 Å². The van der Waals surface area contributed by atoms with Gasteiger partial charge in [-0.3, -0.25) is 0 Å². The van der Waals surface area contributed by atoms with Gasteiger partial charge in [-0.25, -0.2) is 0 Å². The first-order chi connectivity index (χ1) is 18.9. The van der Waals surface area contributed by atoms with Crippen LogP contribution < -0.4 is 0 Å². The summed E-state index contributed by atoms with van der Waals surface area (Å²) in [5.41, 5.74) is 0. The minimum absolute atomic E-state index is 0. The molecule has 6 rings (SSSR count). The van der Waals surface area contributed by atoms with Crippen LogP contribution in [0.15, 0.2) is 199 Å². The van der Waals surface area contributed by atoms with Crippen LogP contribution in [0.5, 0.6) is 0 Å². The van der Waals surface area contributed by atoms with E-state index in [9.17, 15) is 0 Å². The molecule has 0 amide bonds. The molecule has 0 spiro atoms. The predicted octanol–water partition coefficient (Wildman–Crippen LogP) is 9.16. The summed E-state index contributed by atoms with van der Waals surface area (Å²) in [7, 11) is -0.0693. The molecule has 187 valence electrons. The van der Waals surface area contributed by atoms with Gasteiger partial charge >= 0.3 is 0 Å². The van der Waals surface area contributed by atoms with Crippen LogP contribution >= 0.6 is 0 Å². The summed E-state index contributed by atoms with van der Waals surface area (Å²) in [6.45, 7) is 0. The van der Waals surface area contributed by atoms with Gasteiger partial charge in [0.05, 0.1) is 31.6 Å². The number of benzene rings is 6. The third-order valence-corrected chi connectivity index (χ3v) is 10.2. The Morgan fingerprint density at radius 1 is 0.282 bits per heavy atom. The Morgan fingerprint density at radius 2 is 0.487 bits per heavy atom. The largest absolute Gasteiger partial charge is 0.183 e. The van der Waals surface area contributed by atoms with Crippen LogP contribution in [-0.2, 0) is 54.5 Å². The molecule has 0 aliphatic heterocycles. The standard InChI is InChI=1S/2C18H14S.Y/c2*1-4-10-16(11-5-1)19(17-12-6-2-7-13-17)18-14-8-3-9-15-18;/h2*1-2,4-15H;. The van der Waals surface area contributed by atoms with Gasteiger partial charge in [-0.1, -0.05) is 72.8 Å². The van der Waals surface area contributed by atoms with Crippen molar-refractivity contribution in [3.8, 4) is 0 Å². The molecule has 0 aliphatic rings. The first-order valence-electron chi connectivity index (χ1n) is 12.5. The van der Waals surface area contributed by atoms with Crippen molar-refractivity contribution in [3.63, 3.8) is 0 Å². The minimum atomic E-state index is -0.0346. The van der Waals surface area contributed by atoms with E-state index in [2.05, 4.69) is 158 Å². The molecule has 0 heterocycles. The molecule has 0 nitrogen and oxygen atoms in total. The molecule has 0 aromatic heterocycles. The molecule has 6 aromatic rings. The van der Waals surface area contributed by atoms with Crippen molar-refractivity contribution in [1.29, 1.82) is 0 Å². The Morgan fingerprint density at radius 3 is 0.718 bits per heavy atom. The number of hydrogen-bond acceptors (Lipinski definition) is 0. The van der Waals surface area contributed by atoms with Gasteiger partial charge in [-0.05, 0) is 48.5 Å². The van der Waals surface area contributed by atoms with Crippen molar-refractivity contribution in [1.82, 2.24) is 0 Å². The summed E-state index contributed by atoms with van der Waals surface area (Å²) in [6.07, 6.45) is 0. The normalized spacial score (nSPS) is 10.3. The molecule has 39 heavy (non-hydrogen) atoms. The van der Waals surface area contributed by atoms with Crippen LogP contribution in [0.2, 0.25) is 0 Å². The summed E-state index contributed by atoms with van der Waals surface area (Å²) in [6, 6.07) is 65.5. The molecule has 3 heteroatoms. The van der Waals surface area contributed by atoms with Gasteiger partial charge in [-0.2, -0.15) is 36.4 Å². The second-order valence-electron chi connectivity index (χ2n) is 8.34. The average molecular weight is 614 g/mol. The Hall–Kier alpha value is -2.88. The maximum Gasteiger partial charge on any atom is 0.164 e. The van der Waals surface area contributed by atoms with E-state index in [4.69, 9.17) is 0 Å². The van der Waals surface area contributed by atoms with Gasteiger partial charge in [0, 0.05) is 32.7 Å². The van der Waals surface area contributed by atoms with Crippen molar-refractivity contribution in [2.24, 2.45) is 0 Å². The van der Waals surface area contributed by atoms with Crippen molar-refractivity contribution < 1.29 is 32.7 Å². The van der Waals surface area contributed by atoms with Gasteiger partial charge in [0.15, 0.2) is 19.6 Å². The second-order valence-corrected chi connectivity index (χ2v) is 12.4. The van der Waals surface area contributed by atoms with E-state index in [0.29, 0.717) is 0 Å². The topological polar surface area (TPSA) is 0 Å². The van der Waals surface area contributed by atoms with Crippen molar-refractivity contribution in [3.05, 3.63) is 182 Å². The van der Waals surface area contributed by atoms with E-state index >= 15 is 0 Å². The Bertz CT molecular complexity index is 1170. The van der Waals surface area contributed by atoms with Crippen molar-refractivity contribution in [2.45, 2.75) is 29.4 Å². The SMILES string of the molecule is [Y].[c-]1ccc([S+](c2ccccc2)c2ccccc2)cc1.[c-]1ccc([S+](c2ccccc2)c2ccccc2)cc1. The summed E-state index contributed by atoms with van der Waals surface area (Å²) in [4.78, 5) is 8.05. The summed E-state index contributed by atoms with van der Waals surface area (Å²) >= 11 is 0. The van der Waals surface area contributed by atoms with Gasteiger partial charge in [0.2, 0.25) is 0 Å². The van der Waals surface area contributed by atoms with E-state index in [1.807, 2.05) is 24.3 Å². The van der Waals surface area contributed by atoms with Crippen molar-refractivity contribution in [2.75, 3.05) is 0 Å². The monoisotopic (exact) mass is 613 g/mol. The molecule has 0 atom stereocenters. The zero-order chi connectivity index (χ0) is 25.8. The van der Waals surface area contributed by atoms with E-state index in [1.54, 1.807) is 0 Å². The van der Waals surface area contributed by atoms with E-state index in [1.165, 1.54) is 29.4 Å². The number of hydrogen-bond donors (Lipinski definition) is 0. The second kappa shape index (κ2) is 15.6. The summed E-state index contributed by atoms with van der Waals surface area (Å²) in [5, 5.41) is 0. The Kier molecular flexibility index (Phi) is 11.7. The quantitative estimate of drug-likeness (QED) is 0.130. The Labute approximate surface area is 263 Å². The first kappa shape index (κ1) is 29.1. The number of rotatable bonds is 6. The molecule has 0 bridgehead atoms.